The van der Waals surface area contributed by atoms with Crippen molar-refractivity contribution in [1.29, 1.82) is 0 Å². The van der Waals surface area contributed by atoms with Crippen LogP contribution in [0, 0.1) is 5.92 Å². The van der Waals surface area contributed by atoms with Gasteiger partial charge in [-0.15, -0.1) is 0 Å². The fourth-order valence-electron chi connectivity index (χ4n) is 4.80. The van der Waals surface area contributed by atoms with E-state index in [1.807, 2.05) is 18.2 Å². The van der Waals surface area contributed by atoms with E-state index in [1.165, 1.54) is 0 Å². The number of piperidine rings is 1. The van der Waals surface area contributed by atoms with Crippen LogP contribution in [0.4, 0.5) is 14.7 Å². The lowest BCUT2D eigenvalue weighted by Gasteiger charge is -2.28. The number of allylic oxidation sites excluding steroid dienone is 1. The Morgan fingerprint density at radius 1 is 1.09 bits per heavy atom. The molecule has 7 nitrogen and oxygen atoms in total. The van der Waals surface area contributed by atoms with Crippen molar-refractivity contribution < 1.29 is 14.9 Å². The molecular formula is C26H30F2N6O. The van der Waals surface area contributed by atoms with Crippen LogP contribution in [0.15, 0.2) is 36.7 Å². The molecule has 0 spiro atoms. The summed E-state index contributed by atoms with van der Waals surface area (Å²) in [6, 6.07) is 5.97. The minimum absolute atomic E-state index is 0. The molecule has 3 aromatic rings. The number of nitrogens with one attached hydrogen (secondary N) is 1. The molecule has 0 bridgehead atoms. The first-order valence-corrected chi connectivity index (χ1v) is 12.3. The third-order valence-corrected chi connectivity index (χ3v) is 7.10. The molecule has 1 aromatic carbocycles. The molecule has 184 valence electrons. The average molecular weight is 481 g/mol. The monoisotopic (exact) mass is 480 g/mol. The number of benzene rings is 1. The molecule has 0 radical (unpaired) electrons. The molecule has 1 aliphatic heterocycles. The van der Waals surface area contributed by atoms with Gasteiger partial charge in [0.2, 0.25) is 11.8 Å². The van der Waals surface area contributed by atoms with Gasteiger partial charge in [0, 0.05) is 38.6 Å². The maximum Gasteiger partial charge on any atom is 0.267 e. The highest BCUT2D eigenvalue weighted by Gasteiger charge is 2.46. The van der Waals surface area contributed by atoms with Gasteiger partial charge in [0.15, 0.2) is 0 Å². The number of ether oxygens (including phenoxy) is 1. The Bertz CT molecular complexity index is 1290. The first-order valence-electron chi connectivity index (χ1n) is 12.3. The van der Waals surface area contributed by atoms with E-state index < -0.39 is 18.4 Å². The number of alkyl halides is 2. The third kappa shape index (κ3) is 4.69. The number of hydrogen-bond acceptors (Lipinski definition) is 7. The number of halogens is 2. The van der Waals surface area contributed by atoms with Crippen molar-refractivity contribution >= 4 is 22.6 Å². The summed E-state index contributed by atoms with van der Waals surface area (Å²) in [7, 11) is 2.12. The average Bonchev–Trinajstić information content (AvgIpc) is 3.65. The number of fused-ring (bicyclic) bond motifs is 2. The zero-order valence-electron chi connectivity index (χ0n) is 19.7. The highest BCUT2D eigenvalue weighted by atomic mass is 19.3. The van der Waals surface area contributed by atoms with Crippen molar-refractivity contribution in [2.75, 3.05) is 32.0 Å². The Labute approximate surface area is 204 Å². The maximum atomic E-state index is 14.0. The molecule has 35 heavy (non-hydrogen) atoms. The largest absolute Gasteiger partial charge is 0.473 e. The summed E-state index contributed by atoms with van der Waals surface area (Å²) in [5.41, 5.74) is 5.32. The molecule has 0 atom stereocenters. The predicted molar refractivity (Wildman–Crippen MR) is 132 cm³/mol. The Morgan fingerprint density at radius 3 is 2.71 bits per heavy atom. The van der Waals surface area contributed by atoms with Crippen LogP contribution >= 0.6 is 0 Å². The molecule has 9 heteroatoms. The Hall–Kier alpha value is -3.20. The van der Waals surface area contributed by atoms with Crippen LogP contribution < -0.4 is 10.1 Å². The highest BCUT2D eigenvalue weighted by Crippen LogP contribution is 2.43. The van der Waals surface area contributed by atoms with Gasteiger partial charge in [-0.1, -0.05) is 12.1 Å². The minimum Gasteiger partial charge on any atom is -0.473 e. The lowest BCUT2D eigenvalue weighted by atomic mass is 10.0. The molecule has 2 aromatic heterocycles. The quantitative estimate of drug-likeness (QED) is 0.530. The zero-order valence-corrected chi connectivity index (χ0v) is 19.7. The number of aromatic nitrogens is 4. The van der Waals surface area contributed by atoms with Crippen molar-refractivity contribution in [3.63, 3.8) is 0 Å². The topological polar surface area (TPSA) is 76.1 Å². The van der Waals surface area contributed by atoms with E-state index in [2.05, 4.69) is 38.3 Å². The van der Waals surface area contributed by atoms with E-state index in [0.29, 0.717) is 25.1 Å². The van der Waals surface area contributed by atoms with Gasteiger partial charge in [0.1, 0.15) is 6.10 Å². The Balaban J connectivity index is 0.00000267. The van der Waals surface area contributed by atoms with E-state index in [-0.39, 0.29) is 13.5 Å². The molecule has 3 aliphatic rings. The van der Waals surface area contributed by atoms with Crippen molar-refractivity contribution in [3.05, 3.63) is 53.5 Å². The summed E-state index contributed by atoms with van der Waals surface area (Å²) in [4.78, 5) is 20.4. The van der Waals surface area contributed by atoms with E-state index in [0.717, 1.165) is 59.4 Å². The first-order chi connectivity index (χ1) is 16.9. The maximum absolute atomic E-state index is 14.0. The molecule has 0 unspecified atom stereocenters. The number of rotatable bonds is 7. The summed E-state index contributed by atoms with van der Waals surface area (Å²) in [5.74, 6) is -2.43. The summed E-state index contributed by atoms with van der Waals surface area (Å²) in [6.07, 6.45) is 9.44. The van der Waals surface area contributed by atoms with Crippen molar-refractivity contribution in [3.8, 4) is 5.88 Å². The van der Waals surface area contributed by atoms with Crippen molar-refractivity contribution in [2.24, 2.45) is 5.92 Å². The predicted octanol–water partition coefficient (Wildman–Crippen LogP) is 4.58. The number of anilines is 1. The van der Waals surface area contributed by atoms with Crippen LogP contribution in [0.5, 0.6) is 5.88 Å². The highest BCUT2D eigenvalue weighted by molar-refractivity contribution is 5.88. The molecular weight excluding hydrogens is 450 g/mol. The fraction of sp³-hybridized carbons (Fsp3) is 0.462. The van der Waals surface area contributed by atoms with E-state index in [1.54, 1.807) is 12.4 Å². The molecule has 1 N–H and O–H groups in total. The molecule has 1 saturated carbocycles. The SMILES string of the molecule is CN1CCC(Oc2cnc3ccc(C4=CCc5nc(NCC(F)(F)C6CC6)ncc54)cc3n2)CC1.[HH]. The molecule has 0 amide bonds. The smallest absolute Gasteiger partial charge is 0.267 e. The van der Waals surface area contributed by atoms with Crippen LogP contribution in [0.2, 0.25) is 0 Å². The molecule has 2 aliphatic carbocycles. The number of likely N-dealkylation sites (tertiary alicyclic amines) is 1. The normalized spacial score (nSPS) is 19.0. The van der Waals surface area contributed by atoms with Gasteiger partial charge in [0.05, 0.1) is 29.5 Å². The van der Waals surface area contributed by atoms with Crippen LogP contribution in [0.3, 0.4) is 0 Å². The molecule has 6 rings (SSSR count). The summed E-state index contributed by atoms with van der Waals surface area (Å²) in [5, 5.41) is 2.73. The van der Waals surface area contributed by atoms with Crippen molar-refractivity contribution in [1.82, 2.24) is 24.8 Å². The molecule has 3 heterocycles. The van der Waals surface area contributed by atoms with Gasteiger partial charge in [-0.25, -0.2) is 28.7 Å². The van der Waals surface area contributed by atoms with Gasteiger partial charge in [-0.05, 0) is 56.0 Å². The van der Waals surface area contributed by atoms with Crippen molar-refractivity contribution in [2.45, 2.75) is 44.1 Å². The second-order valence-electron chi connectivity index (χ2n) is 9.80. The standard InChI is InChI=1S/C26H28F2N6O.H2/c1-34-10-8-18(9-11-34)35-24-14-29-22-6-2-16(12-23(22)32-24)19-5-7-21-20(19)13-30-25(33-21)31-15-26(27,28)17-3-4-17;/h2,5-6,12-14,17-18H,3-4,7-11,15H2,1H3,(H,30,31,33);1H. The van der Waals surface area contributed by atoms with E-state index in [9.17, 15) is 8.78 Å². The summed E-state index contributed by atoms with van der Waals surface area (Å²) < 4.78 is 34.1. The van der Waals surface area contributed by atoms with E-state index >= 15 is 0 Å². The van der Waals surface area contributed by atoms with Crippen LogP contribution in [-0.4, -0.2) is 63.5 Å². The number of hydrogen-bond donors (Lipinski definition) is 1. The summed E-state index contributed by atoms with van der Waals surface area (Å²) >= 11 is 0. The zero-order chi connectivity index (χ0) is 24.0. The van der Waals surface area contributed by atoms with Gasteiger partial charge in [0.25, 0.3) is 5.92 Å². The van der Waals surface area contributed by atoms with Gasteiger partial charge >= 0.3 is 0 Å². The van der Waals surface area contributed by atoms with Gasteiger partial charge in [-0.3, -0.25) is 0 Å². The molecule has 2 fully saturated rings. The molecule has 1 saturated heterocycles. The van der Waals surface area contributed by atoms with E-state index in [4.69, 9.17) is 9.72 Å². The van der Waals surface area contributed by atoms with Gasteiger partial charge in [-0.2, -0.15) is 0 Å². The van der Waals surface area contributed by atoms with Crippen LogP contribution in [-0.2, 0) is 6.42 Å². The Kier molecular flexibility index (Phi) is 5.59. The van der Waals surface area contributed by atoms with Crippen LogP contribution in [0.25, 0.3) is 16.6 Å². The first kappa shape index (κ1) is 22.3. The third-order valence-electron chi connectivity index (χ3n) is 7.10. The van der Waals surface area contributed by atoms with Crippen LogP contribution in [0.1, 0.15) is 43.9 Å². The summed E-state index contributed by atoms with van der Waals surface area (Å²) in [6.45, 7) is 1.61. The second-order valence-corrected chi connectivity index (χ2v) is 9.80. The lowest BCUT2D eigenvalue weighted by molar-refractivity contribution is -0.00832. The Morgan fingerprint density at radius 2 is 1.91 bits per heavy atom. The fourth-order valence-corrected chi connectivity index (χ4v) is 4.80. The minimum atomic E-state index is -2.71. The van der Waals surface area contributed by atoms with Gasteiger partial charge < -0.3 is 15.0 Å². The second kappa shape index (κ2) is 8.78. The number of nitrogens with zero attached hydrogens (tertiary/aromatic N) is 5. The lowest BCUT2D eigenvalue weighted by Crippen LogP contribution is -2.35.